The van der Waals surface area contributed by atoms with E-state index in [0.717, 1.165) is 22.9 Å². The average Bonchev–Trinajstić information content (AvgIpc) is 2.90. The van der Waals surface area contributed by atoms with Gasteiger partial charge in [-0.25, -0.2) is 0 Å². The van der Waals surface area contributed by atoms with Gasteiger partial charge in [0.1, 0.15) is 5.75 Å². The highest BCUT2D eigenvalue weighted by Gasteiger charge is 2.19. The van der Waals surface area contributed by atoms with Gasteiger partial charge >= 0.3 is 0 Å². The topological polar surface area (TPSA) is 50.4 Å². The van der Waals surface area contributed by atoms with Gasteiger partial charge in [-0.2, -0.15) is 0 Å². The fourth-order valence-corrected chi connectivity index (χ4v) is 3.46. The van der Waals surface area contributed by atoms with Crippen LogP contribution in [0.15, 0.2) is 16.6 Å². The number of aryl methyl sites for hydroxylation is 1. The van der Waals surface area contributed by atoms with Gasteiger partial charge in [-0.15, -0.1) is 0 Å². The monoisotopic (exact) mass is 370 g/mol. The molecule has 4 nitrogen and oxygen atoms in total. The maximum Gasteiger partial charge on any atom is 0.261 e. The van der Waals surface area contributed by atoms with Gasteiger partial charge in [0, 0.05) is 10.5 Å². The lowest BCUT2D eigenvalue weighted by Gasteiger charge is -2.16. The van der Waals surface area contributed by atoms with Crippen LogP contribution in [0.4, 0.5) is 0 Å². The number of methoxy groups -OCH3 is 1. The van der Waals surface area contributed by atoms with Gasteiger partial charge in [0.15, 0.2) is 5.11 Å². The lowest BCUT2D eigenvalue weighted by Crippen LogP contribution is -2.43. The Morgan fingerprint density at radius 2 is 2.05 bits per heavy atom. The SMILES string of the molecule is COc1c(C)cc(Br)cc1C(=O)NC(=S)NC1CCCC1. The number of halogens is 1. The van der Waals surface area contributed by atoms with Gasteiger partial charge < -0.3 is 10.1 Å². The Hall–Kier alpha value is -1.14. The molecular weight excluding hydrogens is 352 g/mol. The van der Waals surface area contributed by atoms with E-state index in [-0.39, 0.29) is 5.91 Å². The third-order valence-corrected chi connectivity index (χ3v) is 4.28. The van der Waals surface area contributed by atoms with Crippen molar-refractivity contribution in [1.29, 1.82) is 0 Å². The molecule has 2 N–H and O–H groups in total. The van der Waals surface area contributed by atoms with E-state index in [9.17, 15) is 4.79 Å². The Morgan fingerprint density at radius 3 is 2.67 bits per heavy atom. The number of carbonyl (C=O) groups is 1. The van der Waals surface area contributed by atoms with Crippen LogP contribution in [0.25, 0.3) is 0 Å². The molecule has 0 aromatic heterocycles. The normalized spacial score (nSPS) is 14.8. The largest absolute Gasteiger partial charge is 0.496 e. The van der Waals surface area contributed by atoms with Crippen molar-refractivity contribution in [3.63, 3.8) is 0 Å². The zero-order chi connectivity index (χ0) is 15.4. The molecule has 114 valence electrons. The van der Waals surface area contributed by atoms with Crippen LogP contribution < -0.4 is 15.4 Å². The Bertz CT molecular complexity index is 557. The number of ether oxygens (including phenoxy) is 1. The van der Waals surface area contributed by atoms with Crippen LogP contribution in [0.1, 0.15) is 41.6 Å². The van der Waals surface area contributed by atoms with Crippen molar-refractivity contribution in [2.75, 3.05) is 7.11 Å². The molecule has 1 saturated carbocycles. The average molecular weight is 371 g/mol. The second-order valence-corrected chi connectivity index (χ2v) is 6.54. The van der Waals surface area contributed by atoms with E-state index in [1.807, 2.05) is 13.0 Å². The van der Waals surface area contributed by atoms with Crippen LogP contribution >= 0.6 is 28.1 Å². The summed E-state index contributed by atoms with van der Waals surface area (Å²) in [5.41, 5.74) is 1.37. The number of amides is 1. The molecule has 0 bridgehead atoms. The van der Waals surface area contributed by atoms with Gasteiger partial charge in [0.25, 0.3) is 5.91 Å². The van der Waals surface area contributed by atoms with E-state index in [2.05, 4.69) is 26.6 Å². The van der Waals surface area contributed by atoms with Crippen molar-refractivity contribution in [3.05, 3.63) is 27.7 Å². The number of hydrogen-bond donors (Lipinski definition) is 2. The zero-order valence-corrected chi connectivity index (χ0v) is 14.6. The first-order chi connectivity index (χ1) is 10.0. The number of nitrogens with one attached hydrogen (secondary N) is 2. The van der Waals surface area contributed by atoms with E-state index < -0.39 is 0 Å². The standard InChI is InChI=1S/C15H19BrN2O2S/c1-9-7-10(16)8-12(13(9)20-2)14(19)18-15(21)17-11-5-3-4-6-11/h7-8,11H,3-6H2,1-2H3,(H2,17,18,19,21). The molecule has 0 saturated heterocycles. The highest BCUT2D eigenvalue weighted by molar-refractivity contribution is 9.10. The summed E-state index contributed by atoms with van der Waals surface area (Å²) in [7, 11) is 1.56. The minimum atomic E-state index is -0.258. The predicted octanol–water partition coefficient (Wildman–Crippen LogP) is 3.31. The maximum atomic E-state index is 12.4. The molecule has 1 aliphatic rings. The summed E-state index contributed by atoms with van der Waals surface area (Å²) >= 11 is 8.61. The van der Waals surface area contributed by atoms with E-state index in [1.54, 1.807) is 13.2 Å². The van der Waals surface area contributed by atoms with Crippen molar-refractivity contribution < 1.29 is 9.53 Å². The second-order valence-electron chi connectivity index (χ2n) is 5.21. The van der Waals surface area contributed by atoms with Crippen LogP contribution in [-0.2, 0) is 0 Å². The van der Waals surface area contributed by atoms with Crippen molar-refractivity contribution >= 4 is 39.2 Å². The molecule has 1 aromatic rings. The molecule has 0 heterocycles. The first-order valence-electron chi connectivity index (χ1n) is 6.97. The van der Waals surface area contributed by atoms with Crippen LogP contribution in [-0.4, -0.2) is 24.2 Å². The zero-order valence-electron chi connectivity index (χ0n) is 12.2. The summed E-state index contributed by atoms with van der Waals surface area (Å²) < 4.78 is 6.16. The van der Waals surface area contributed by atoms with Gasteiger partial charge in [-0.05, 0) is 49.7 Å². The van der Waals surface area contributed by atoms with Crippen LogP contribution in [0.2, 0.25) is 0 Å². The Morgan fingerprint density at radius 1 is 1.38 bits per heavy atom. The minimum Gasteiger partial charge on any atom is -0.496 e. The third-order valence-electron chi connectivity index (χ3n) is 3.61. The first-order valence-corrected chi connectivity index (χ1v) is 8.17. The highest BCUT2D eigenvalue weighted by Crippen LogP contribution is 2.27. The summed E-state index contributed by atoms with van der Waals surface area (Å²) in [6.07, 6.45) is 4.64. The number of rotatable bonds is 3. The molecule has 1 aliphatic carbocycles. The van der Waals surface area contributed by atoms with Crippen molar-refractivity contribution in [1.82, 2.24) is 10.6 Å². The number of carbonyl (C=O) groups excluding carboxylic acids is 1. The maximum absolute atomic E-state index is 12.4. The summed E-state index contributed by atoms with van der Waals surface area (Å²) in [5, 5.41) is 6.31. The predicted molar refractivity (Wildman–Crippen MR) is 90.9 cm³/mol. The third kappa shape index (κ3) is 4.17. The Kier molecular flexibility index (Phi) is 5.58. The molecule has 0 unspecified atom stereocenters. The number of benzene rings is 1. The molecule has 0 radical (unpaired) electrons. The summed E-state index contributed by atoms with van der Waals surface area (Å²) in [5.74, 6) is 0.311. The molecule has 1 aromatic carbocycles. The van der Waals surface area contributed by atoms with Gasteiger partial charge in [-0.1, -0.05) is 28.8 Å². The molecule has 1 amide bonds. The van der Waals surface area contributed by atoms with Crippen molar-refractivity contribution in [3.8, 4) is 5.75 Å². The van der Waals surface area contributed by atoms with Gasteiger partial charge in [0.05, 0.1) is 12.7 Å². The fourth-order valence-electron chi connectivity index (χ4n) is 2.63. The van der Waals surface area contributed by atoms with Crippen LogP contribution in [0.5, 0.6) is 5.75 Å². The molecule has 21 heavy (non-hydrogen) atoms. The van der Waals surface area contributed by atoms with E-state index in [1.165, 1.54) is 12.8 Å². The quantitative estimate of drug-likeness (QED) is 0.801. The molecule has 1 fully saturated rings. The summed E-state index contributed by atoms with van der Waals surface area (Å²) in [4.78, 5) is 12.4. The molecule has 0 spiro atoms. The number of thiocarbonyl (C=S) groups is 1. The van der Waals surface area contributed by atoms with Crippen LogP contribution in [0, 0.1) is 6.92 Å². The second kappa shape index (κ2) is 7.22. The van der Waals surface area contributed by atoms with E-state index >= 15 is 0 Å². The van der Waals surface area contributed by atoms with Crippen molar-refractivity contribution in [2.24, 2.45) is 0 Å². The van der Waals surface area contributed by atoms with E-state index in [0.29, 0.717) is 22.5 Å². The molecular formula is C15H19BrN2O2S. The lowest BCUT2D eigenvalue weighted by molar-refractivity contribution is 0.0973. The molecule has 0 aliphatic heterocycles. The fraction of sp³-hybridized carbons (Fsp3) is 0.467. The lowest BCUT2D eigenvalue weighted by atomic mass is 10.1. The number of hydrogen-bond acceptors (Lipinski definition) is 3. The van der Waals surface area contributed by atoms with Crippen molar-refractivity contribution in [2.45, 2.75) is 38.6 Å². The first kappa shape index (κ1) is 16.2. The summed E-state index contributed by atoms with van der Waals surface area (Å²) in [6.45, 7) is 1.90. The molecule has 0 atom stereocenters. The minimum absolute atomic E-state index is 0.258. The van der Waals surface area contributed by atoms with E-state index in [4.69, 9.17) is 17.0 Å². The smallest absolute Gasteiger partial charge is 0.261 e. The van der Waals surface area contributed by atoms with Gasteiger partial charge in [-0.3, -0.25) is 10.1 Å². The van der Waals surface area contributed by atoms with Crippen LogP contribution in [0.3, 0.4) is 0 Å². The Balaban J connectivity index is 2.07. The molecule has 6 heteroatoms. The molecule has 2 rings (SSSR count). The highest BCUT2D eigenvalue weighted by atomic mass is 79.9. The Labute approximate surface area is 138 Å². The van der Waals surface area contributed by atoms with Gasteiger partial charge in [0.2, 0.25) is 0 Å². The summed E-state index contributed by atoms with van der Waals surface area (Å²) in [6, 6.07) is 4.02.